The van der Waals surface area contributed by atoms with Crippen molar-refractivity contribution in [2.24, 2.45) is 11.7 Å². The first kappa shape index (κ1) is 21.6. The minimum absolute atomic E-state index is 0. The molecule has 6 heteroatoms. The number of aryl methyl sites for hydroxylation is 1. The molecule has 1 amide bonds. The predicted octanol–water partition coefficient (Wildman–Crippen LogP) is 3.03. The Bertz CT molecular complexity index is 521. The molecule has 1 aliphatic heterocycles. The number of hydrogen-bond acceptors (Lipinski definition) is 4. The Morgan fingerprint density at radius 3 is 2.24 bits per heavy atom. The summed E-state index contributed by atoms with van der Waals surface area (Å²) in [5.74, 6) is 2.53. The monoisotopic (exact) mass is 370 g/mol. The lowest BCUT2D eigenvalue weighted by molar-refractivity contribution is -0.132. The van der Waals surface area contributed by atoms with Gasteiger partial charge in [0.05, 0.1) is 14.2 Å². The molecule has 1 heterocycles. The molecule has 0 aliphatic carbocycles. The number of rotatable bonds is 7. The van der Waals surface area contributed by atoms with Crippen molar-refractivity contribution >= 4 is 18.3 Å². The molecule has 0 spiro atoms. The fourth-order valence-corrected chi connectivity index (χ4v) is 3.26. The van der Waals surface area contributed by atoms with E-state index in [1.54, 1.807) is 14.2 Å². The molecular weight excluding hydrogens is 340 g/mol. The minimum Gasteiger partial charge on any atom is -0.497 e. The number of amides is 1. The molecule has 0 bridgehead atoms. The van der Waals surface area contributed by atoms with Crippen LogP contribution in [-0.2, 0) is 11.2 Å². The van der Waals surface area contributed by atoms with Crippen molar-refractivity contribution in [1.82, 2.24) is 4.90 Å². The summed E-state index contributed by atoms with van der Waals surface area (Å²) in [7, 11) is 3.35. The topological polar surface area (TPSA) is 64.8 Å². The standard InChI is InChI=1S/C19H30N2O3.ClH/c1-14(20)10-19(22)21-8-6-15(7-9-21)4-5-16-11-17(23-2)13-18(12-16)24-3;/h11-15H,4-10,20H2,1-3H3;1H. The molecule has 0 radical (unpaired) electrons. The van der Waals surface area contributed by atoms with Crippen LogP contribution in [0.1, 0.15) is 38.2 Å². The molecule has 142 valence electrons. The van der Waals surface area contributed by atoms with Gasteiger partial charge in [0.15, 0.2) is 0 Å². The fraction of sp³-hybridized carbons (Fsp3) is 0.632. The number of benzene rings is 1. The van der Waals surface area contributed by atoms with Crippen LogP contribution in [0.4, 0.5) is 0 Å². The molecular formula is C19H31ClN2O3. The largest absolute Gasteiger partial charge is 0.497 e. The van der Waals surface area contributed by atoms with Gasteiger partial charge in [-0.05, 0) is 56.2 Å². The van der Waals surface area contributed by atoms with Gasteiger partial charge < -0.3 is 20.1 Å². The number of halogens is 1. The molecule has 1 unspecified atom stereocenters. The van der Waals surface area contributed by atoms with Crippen LogP contribution in [-0.4, -0.2) is 44.2 Å². The number of carbonyl (C=O) groups is 1. The molecule has 2 rings (SSSR count). The first-order valence-electron chi connectivity index (χ1n) is 8.77. The normalized spacial score (nSPS) is 16.1. The van der Waals surface area contributed by atoms with E-state index < -0.39 is 0 Å². The van der Waals surface area contributed by atoms with Gasteiger partial charge in [-0.3, -0.25) is 4.79 Å². The summed E-state index contributed by atoms with van der Waals surface area (Å²) in [6.45, 7) is 3.60. The van der Waals surface area contributed by atoms with Crippen LogP contribution in [0.25, 0.3) is 0 Å². The van der Waals surface area contributed by atoms with Gasteiger partial charge in [0.25, 0.3) is 0 Å². The van der Waals surface area contributed by atoms with E-state index in [1.165, 1.54) is 5.56 Å². The lowest BCUT2D eigenvalue weighted by Gasteiger charge is -2.32. The van der Waals surface area contributed by atoms with Gasteiger partial charge in [-0.15, -0.1) is 12.4 Å². The highest BCUT2D eigenvalue weighted by molar-refractivity contribution is 5.85. The average molecular weight is 371 g/mol. The van der Waals surface area contributed by atoms with E-state index in [0.29, 0.717) is 12.3 Å². The number of likely N-dealkylation sites (tertiary alicyclic amines) is 1. The minimum atomic E-state index is -0.0572. The Labute approximate surface area is 157 Å². The first-order valence-corrected chi connectivity index (χ1v) is 8.77. The quantitative estimate of drug-likeness (QED) is 0.801. The van der Waals surface area contributed by atoms with Gasteiger partial charge in [0.2, 0.25) is 5.91 Å². The highest BCUT2D eigenvalue weighted by atomic mass is 35.5. The summed E-state index contributed by atoms with van der Waals surface area (Å²) in [4.78, 5) is 14.0. The smallest absolute Gasteiger partial charge is 0.224 e. The molecule has 0 aromatic heterocycles. The third-order valence-electron chi connectivity index (χ3n) is 4.72. The molecule has 1 aliphatic rings. The van der Waals surface area contributed by atoms with E-state index in [1.807, 2.05) is 17.9 Å². The van der Waals surface area contributed by atoms with Gasteiger partial charge in [-0.1, -0.05) is 0 Å². The van der Waals surface area contributed by atoms with Crippen LogP contribution in [0, 0.1) is 5.92 Å². The molecule has 1 aromatic rings. The summed E-state index contributed by atoms with van der Waals surface area (Å²) in [5, 5.41) is 0. The first-order chi connectivity index (χ1) is 11.5. The van der Waals surface area contributed by atoms with Gasteiger partial charge in [0, 0.05) is 31.6 Å². The maximum atomic E-state index is 12.1. The van der Waals surface area contributed by atoms with Crippen LogP contribution in [0.2, 0.25) is 0 Å². The molecule has 5 nitrogen and oxygen atoms in total. The van der Waals surface area contributed by atoms with Crippen molar-refractivity contribution in [3.8, 4) is 11.5 Å². The van der Waals surface area contributed by atoms with Crippen LogP contribution in [0.5, 0.6) is 11.5 Å². The van der Waals surface area contributed by atoms with E-state index in [9.17, 15) is 4.79 Å². The van der Waals surface area contributed by atoms with E-state index in [0.717, 1.165) is 50.3 Å². The molecule has 0 saturated carbocycles. The Balaban J connectivity index is 0.00000312. The zero-order valence-electron chi connectivity index (χ0n) is 15.5. The van der Waals surface area contributed by atoms with Gasteiger partial charge >= 0.3 is 0 Å². The zero-order chi connectivity index (χ0) is 17.5. The van der Waals surface area contributed by atoms with E-state index in [2.05, 4.69) is 12.1 Å². The number of hydrogen-bond donors (Lipinski definition) is 1. The number of carbonyl (C=O) groups excluding carboxylic acids is 1. The van der Waals surface area contributed by atoms with Crippen LogP contribution in [0.15, 0.2) is 18.2 Å². The fourth-order valence-electron chi connectivity index (χ4n) is 3.26. The second-order valence-electron chi connectivity index (χ2n) is 6.77. The maximum Gasteiger partial charge on any atom is 0.224 e. The average Bonchev–Trinajstić information content (AvgIpc) is 2.59. The molecule has 1 aromatic carbocycles. The number of nitrogens with two attached hydrogens (primary N) is 1. The van der Waals surface area contributed by atoms with Crippen molar-refractivity contribution in [2.45, 2.75) is 45.1 Å². The SMILES string of the molecule is COc1cc(CCC2CCN(C(=O)CC(C)N)CC2)cc(OC)c1.Cl. The van der Waals surface area contributed by atoms with Crippen molar-refractivity contribution in [1.29, 1.82) is 0 Å². The Morgan fingerprint density at radius 1 is 1.20 bits per heavy atom. The Morgan fingerprint density at radius 2 is 1.76 bits per heavy atom. The lowest BCUT2D eigenvalue weighted by Crippen LogP contribution is -2.40. The second kappa shape index (κ2) is 10.5. The van der Waals surface area contributed by atoms with Crippen LogP contribution >= 0.6 is 12.4 Å². The molecule has 25 heavy (non-hydrogen) atoms. The van der Waals surface area contributed by atoms with E-state index >= 15 is 0 Å². The summed E-state index contributed by atoms with van der Waals surface area (Å²) in [6.07, 6.45) is 4.74. The summed E-state index contributed by atoms with van der Waals surface area (Å²) in [5.41, 5.74) is 6.96. The lowest BCUT2D eigenvalue weighted by atomic mass is 9.90. The highest BCUT2D eigenvalue weighted by Gasteiger charge is 2.23. The number of piperidine rings is 1. The predicted molar refractivity (Wildman–Crippen MR) is 103 cm³/mol. The van der Waals surface area contributed by atoms with E-state index in [4.69, 9.17) is 15.2 Å². The third-order valence-corrected chi connectivity index (χ3v) is 4.72. The molecule has 1 fully saturated rings. The third kappa shape index (κ3) is 6.75. The summed E-state index contributed by atoms with van der Waals surface area (Å²) < 4.78 is 10.7. The van der Waals surface area contributed by atoms with Gasteiger partial charge in [-0.25, -0.2) is 0 Å². The molecule has 1 atom stereocenters. The number of nitrogens with zero attached hydrogens (tertiary/aromatic N) is 1. The second-order valence-corrected chi connectivity index (χ2v) is 6.77. The Kier molecular flexibility index (Phi) is 9.08. The van der Waals surface area contributed by atoms with Crippen LogP contribution in [0.3, 0.4) is 0 Å². The van der Waals surface area contributed by atoms with Crippen molar-refractivity contribution in [2.75, 3.05) is 27.3 Å². The van der Waals surface area contributed by atoms with Crippen LogP contribution < -0.4 is 15.2 Å². The maximum absolute atomic E-state index is 12.1. The summed E-state index contributed by atoms with van der Waals surface area (Å²) >= 11 is 0. The van der Waals surface area contributed by atoms with E-state index in [-0.39, 0.29) is 24.4 Å². The Hall–Kier alpha value is -1.46. The van der Waals surface area contributed by atoms with Crippen molar-refractivity contribution in [3.63, 3.8) is 0 Å². The van der Waals surface area contributed by atoms with Gasteiger partial charge in [-0.2, -0.15) is 0 Å². The van der Waals surface area contributed by atoms with Crippen molar-refractivity contribution < 1.29 is 14.3 Å². The van der Waals surface area contributed by atoms with Crippen molar-refractivity contribution in [3.05, 3.63) is 23.8 Å². The van der Waals surface area contributed by atoms with Gasteiger partial charge in [0.1, 0.15) is 11.5 Å². The highest BCUT2D eigenvalue weighted by Crippen LogP contribution is 2.27. The summed E-state index contributed by atoms with van der Waals surface area (Å²) in [6, 6.07) is 5.98. The molecule has 1 saturated heterocycles. The molecule has 2 N–H and O–H groups in total. The number of ether oxygens (including phenoxy) is 2. The number of methoxy groups -OCH3 is 2. The zero-order valence-corrected chi connectivity index (χ0v) is 16.3.